The molecule has 0 aliphatic carbocycles. The van der Waals surface area contributed by atoms with Gasteiger partial charge in [-0.15, -0.1) is 0 Å². The van der Waals surface area contributed by atoms with Crippen molar-refractivity contribution in [1.82, 2.24) is 5.32 Å². The van der Waals surface area contributed by atoms with E-state index in [0.29, 0.717) is 6.42 Å². The van der Waals surface area contributed by atoms with Crippen LogP contribution >= 0.6 is 15.9 Å². The Morgan fingerprint density at radius 2 is 2.14 bits per heavy atom. The van der Waals surface area contributed by atoms with Crippen molar-refractivity contribution in [3.05, 3.63) is 38.3 Å². The van der Waals surface area contributed by atoms with Crippen molar-refractivity contribution < 1.29 is 19.6 Å². The zero-order valence-electron chi connectivity index (χ0n) is 11.3. The van der Waals surface area contributed by atoms with E-state index in [1.54, 1.807) is 0 Å². The number of carbonyl (C=O) groups is 2. The van der Waals surface area contributed by atoms with Crippen molar-refractivity contribution in [2.24, 2.45) is 0 Å². The summed E-state index contributed by atoms with van der Waals surface area (Å²) in [4.78, 5) is 33.0. The van der Waals surface area contributed by atoms with Crippen LogP contribution in [0.4, 0.5) is 5.69 Å². The maximum atomic E-state index is 12.1. The van der Waals surface area contributed by atoms with Gasteiger partial charge in [-0.25, -0.2) is 0 Å². The molecule has 0 saturated carbocycles. The first-order valence-corrected chi connectivity index (χ1v) is 7.11. The number of carboxylic acid groups (broad SMARTS) is 1. The Morgan fingerprint density at radius 3 is 2.67 bits per heavy atom. The highest BCUT2D eigenvalue weighted by molar-refractivity contribution is 9.10. The highest BCUT2D eigenvalue weighted by Gasteiger charge is 2.19. The Hall–Kier alpha value is -1.96. The minimum atomic E-state index is -1.00. The second kappa shape index (κ2) is 7.72. The number of halogens is 1. The minimum Gasteiger partial charge on any atom is -0.481 e. The molecule has 0 aliphatic rings. The molecule has 0 spiro atoms. The van der Waals surface area contributed by atoms with E-state index >= 15 is 0 Å². The van der Waals surface area contributed by atoms with Crippen LogP contribution in [0.1, 0.15) is 36.5 Å². The van der Waals surface area contributed by atoms with Crippen LogP contribution in [0.2, 0.25) is 0 Å². The van der Waals surface area contributed by atoms with E-state index in [4.69, 9.17) is 5.11 Å². The van der Waals surface area contributed by atoms with Crippen molar-refractivity contribution in [2.75, 3.05) is 0 Å². The second-order valence-corrected chi connectivity index (χ2v) is 5.33. The lowest BCUT2D eigenvalue weighted by Crippen LogP contribution is -2.36. The first-order valence-electron chi connectivity index (χ1n) is 6.31. The highest BCUT2D eigenvalue weighted by atomic mass is 79.9. The molecule has 2 N–H and O–H groups in total. The normalized spacial score (nSPS) is 11.7. The van der Waals surface area contributed by atoms with E-state index in [1.807, 2.05) is 6.92 Å². The summed E-state index contributed by atoms with van der Waals surface area (Å²) in [6.45, 7) is 1.88. The number of hydrogen-bond donors (Lipinski definition) is 2. The second-order valence-electron chi connectivity index (χ2n) is 4.48. The summed E-state index contributed by atoms with van der Waals surface area (Å²) in [5, 5.41) is 22.2. The van der Waals surface area contributed by atoms with E-state index in [9.17, 15) is 19.7 Å². The van der Waals surface area contributed by atoms with Gasteiger partial charge in [0.05, 0.1) is 15.8 Å². The van der Waals surface area contributed by atoms with E-state index in [1.165, 1.54) is 12.1 Å². The van der Waals surface area contributed by atoms with Gasteiger partial charge in [0.1, 0.15) is 0 Å². The van der Waals surface area contributed by atoms with Crippen molar-refractivity contribution >= 4 is 33.5 Å². The van der Waals surface area contributed by atoms with Crippen molar-refractivity contribution in [3.8, 4) is 0 Å². The molecule has 0 aliphatic heterocycles. The van der Waals surface area contributed by atoms with Gasteiger partial charge in [-0.1, -0.05) is 13.3 Å². The third kappa shape index (κ3) is 5.14. The summed E-state index contributed by atoms with van der Waals surface area (Å²) in [6, 6.07) is 3.51. The zero-order valence-corrected chi connectivity index (χ0v) is 12.9. The lowest BCUT2D eigenvalue weighted by Gasteiger charge is -2.16. The molecule has 114 valence electrons. The van der Waals surface area contributed by atoms with Gasteiger partial charge in [0.2, 0.25) is 0 Å². The molecule has 1 atom stereocenters. The van der Waals surface area contributed by atoms with E-state index in [2.05, 4.69) is 21.2 Å². The lowest BCUT2D eigenvalue weighted by atomic mass is 10.1. The number of benzene rings is 1. The fraction of sp³-hybridized carbons (Fsp3) is 0.385. The summed E-state index contributed by atoms with van der Waals surface area (Å²) >= 11 is 3.04. The van der Waals surface area contributed by atoms with Gasteiger partial charge in [-0.3, -0.25) is 19.7 Å². The molecule has 21 heavy (non-hydrogen) atoms. The number of carboxylic acids is 1. The van der Waals surface area contributed by atoms with Gasteiger partial charge < -0.3 is 10.4 Å². The molecule has 1 amide bonds. The van der Waals surface area contributed by atoms with Gasteiger partial charge in [0, 0.05) is 17.7 Å². The molecular weight excluding hydrogens is 344 g/mol. The van der Waals surface area contributed by atoms with Gasteiger partial charge in [-0.2, -0.15) is 0 Å². The zero-order chi connectivity index (χ0) is 16.0. The van der Waals surface area contributed by atoms with Crippen LogP contribution in [0.3, 0.4) is 0 Å². The van der Waals surface area contributed by atoms with Crippen molar-refractivity contribution in [3.63, 3.8) is 0 Å². The fourth-order valence-corrected chi connectivity index (χ4v) is 2.24. The summed E-state index contributed by atoms with van der Waals surface area (Å²) in [5.41, 5.74) is -0.0932. The molecule has 1 rings (SSSR count). The largest absolute Gasteiger partial charge is 0.481 e. The molecule has 1 aromatic rings. The third-order valence-corrected chi connectivity index (χ3v) is 3.47. The number of nitro benzene ring substituents is 1. The standard InChI is InChI=1S/C13H15BrN2O5/c1-2-3-9(7-12(17)18)15-13(19)8-4-5-10(14)11(6-8)16(20)21/h4-6,9H,2-3,7H2,1H3,(H,15,19)(H,17,18). The lowest BCUT2D eigenvalue weighted by molar-refractivity contribution is -0.385. The number of hydrogen-bond acceptors (Lipinski definition) is 4. The quantitative estimate of drug-likeness (QED) is 0.575. The predicted octanol–water partition coefficient (Wildman–Crippen LogP) is 2.73. The molecule has 1 unspecified atom stereocenters. The number of nitrogens with one attached hydrogen (secondary N) is 1. The average molecular weight is 359 g/mol. The first kappa shape index (κ1) is 17.1. The molecule has 0 saturated heterocycles. The SMILES string of the molecule is CCCC(CC(=O)O)NC(=O)c1ccc(Br)c([N+](=O)[O-])c1. The van der Waals surface area contributed by atoms with Crippen LogP contribution in [0.25, 0.3) is 0 Å². The predicted molar refractivity (Wildman–Crippen MR) is 79.2 cm³/mol. The smallest absolute Gasteiger partial charge is 0.305 e. The Morgan fingerprint density at radius 1 is 1.48 bits per heavy atom. The number of rotatable bonds is 7. The third-order valence-electron chi connectivity index (χ3n) is 2.80. The van der Waals surface area contributed by atoms with Gasteiger partial charge >= 0.3 is 5.97 Å². The molecular formula is C13H15BrN2O5. The molecule has 0 radical (unpaired) electrons. The van der Waals surface area contributed by atoms with E-state index in [-0.39, 0.29) is 22.1 Å². The van der Waals surface area contributed by atoms with Crippen molar-refractivity contribution in [2.45, 2.75) is 32.2 Å². The number of amides is 1. The highest BCUT2D eigenvalue weighted by Crippen LogP contribution is 2.25. The summed E-state index contributed by atoms with van der Waals surface area (Å²) in [6.07, 6.45) is 1.06. The average Bonchev–Trinajstić information content (AvgIpc) is 2.38. The van der Waals surface area contributed by atoms with Crippen LogP contribution in [0.15, 0.2) is 22.7 Å². The van der Waals surface area contributed by atoms with Gasteiger partial charge in [0.15, 0.2) is 0 Å². The van der Waals surface area contributed by atoms with Crippen LogP contribution < -0.4 is 5.32 Å². The van der Waals surface area contributed by atoms with Gasteiger partial charge in [0.25, 0.3) is 11.6 Å². The Balaban J connectivity index is 2.89. The molecule has 8 heteroatoms. The monoisotopic (exact) mass is 358 g/mol. The van der Waals surface area contributed by atoms with Crippen LogP contribution in [0, 0.1) is 10.1 Å². The topological polar surface area (TPSA) is 110 Å². The Kier molecular flexibility index (Phi) is 6.29. The number of aliphatic carboxylic acids is 1. The fourth-order valence-electron chi connectivity index (χ4n) is 1.85. The van der Waals surface area contributed by atoms with Crippen LogP contribution in [0.5, 0.6) is 0 Å². The summed E-state index contributed by atoms with van der Waals surface area (Å²) < 4.78 is 0.277. The number of carbonyl (C=O) groups excluding carboxylic acids is 1. The molecule has 0 fully saturated rings. The summed E-state index contributed by atoms with van der Waals surface area (Å²) in [5.74, 6) is -1.53. The van der Waals surface area contributed by atoms with Crippen LogP contribution in [-0.4, -0.2) is 27.9 Å². The molecule has 0 aromatic heterocycles. The van der Waals surface area contributed by atoms with Crippen LogP contribution in [-0.2, 0) is 4.79 Å². The molecule has 1 aromatic carbocycles. The Labute approximate surface area is 129 Å². The maximum absolute atomic E-state index is 12.1. The molecule has 0 heterocycles. The van der Waals surface area contributed by atoms with E-state index < -0.39 is 22.8 Å². The van der Waals surface area contributed by atoms with E-state index in [0.717, 1.165) is 12.5 Å². The van der Waals surface area contributed by atoms with Crippen molar-refractivity contribution in [1.29, 1.82) is 0 Å². The number of nitrogens with zero attached hydrogens (tertiary/aromatic N) is 1. The molecule has 7 nitrogen and oxygen atoms in total. The Bertz CT molecular complexity index is 561. The minimum absolute atomic E-state index is 0.122. The van der Waals surface area contributed by atoms with Gasteiger partial charge in [-0.05, 0) is 34.5 Å². The maximum Gasteiger partial charge on any atom is 0.305 e. The number of nitro groups is 1. The summed E-state index contributed by atoms with van der Waals surface area (Å²) in [7, 11) is 0. The molecule has 0 bridgehead atoms. The first-order chi connectivity index (χ1) is 9.85.